The molecule has 0 aliphatic rings. The van der Waals surface area contributed by atoms with Crippen LogP contribution in [-0.2, 0) is 14.3 Å². The van der Waals surface area contributed by atoms with Crippen LogP contribution in [0.4, 0.5) is 0 Å². The molecule has 0 radical (unpaired) electrons. The van der Waals surface area contributed by atoms with Crippen LogP contribution in [-0.4, -0.2) is 22.8 Å². The molecule has 0 aliphatic heterocycles. The summed E-state index contributed by atoms with van der Waals surface area (Å²) in [5.41, 5.74) is 1.52. The number of carbonyl (C=O) groups is 2. The number of carbonyl (C=O) groups excluding carboxylic acids is 2. The Morgan fingerprint density at radius 2 is 1.95 bits per heavy atom. The molecular formula is C16H15NO3. The minimum atomic E-state index is -0.725. The standard InChI is InChI=1S/C16H15NO3/c1-11(18)12(2)20-16(19)10-9-14-8-7-13-5-3-4-6-15(13)17-14/h3-10,12H,1-2H3. The Morgan fingerprint density at radius 3 is 2.70 bits per heavy atom. The van der Waals surface area contributed by atoms with E-state index in [4.69, 9.17) is 4.74 Å². The molecule has 0 saturated carbocycles. The van der Waals surface area contributed by atoms with Gasteiger partial charge in [0, 0.05) is 11.5 Å². The Bertz CT molecular complexity index is 676. The topological polar surface area (TPSA) is 56.3 Å². The van der Waals surface area contributed by atoms with Gasteiger partial charge >= 0.3 is 5.97 Å². The largest absolute Gasteiger partial charge is 0.452 e. The summed E-state index contributed by atoms with van der Waals surface area (Å²) < 4.78 is 4.92. The van der Waals surface area contributed by atoms with Crippen molar-refractivity contribution >= 4 is 28.7 Å². The van der Waals surface area contributed by atoms with Crippen LogP contribution in [0.1, 0.15) is 19.5 Å². The van der Waals surface area contributed by atoms with Crippen LogP contribution in [0.15, 0.2) is 42.5 Å². The second-order valence-electron chi connectivity index (χ2n) is 4.45. The molecular weight excluding hydrogens is 254 g/mol. The Labute approximate surface area is 117 Å². The molecule has 4 nitrogen and oxygen atoms in total. The molecule has 1 heterocycles. The van der Waals surface area contributed by atoms with Crippen molar-refractivity contribution in [1.82, 2.24) is 4.98 Å². The molecule has 1 unspecified atom stereocenters. The van der Waals surface area contributed by atoms with Crippen molar-refractivity contribution in [2.75, 3.05) is 0 Å². The van der Waals surface area contributed by atoms with Gasteiger partial charge < -0.3 is 4.74 Å². The lowest BCUT2D eigenvalue weighted by Crippen LogP contribution is -2.20. The zero-order valence-corrected chi connectivity index (χ0v) is 11.4. The molecule has 0 amide bonds. The Morgan fingerprint density at radius 1 is 1.20 bits per heavy atom. The molecule has 1 atom stereocenters. The maximum Gasteiger partial charge on any atom is 0.331 e. The highest BCUT2D eigenvalue weighted by Crippen LogP contribution is 2.12. The number of rotatable bonds is 4. The first kappa shape index (κ1) is 13.9. The normalized spacial score (nSPS) is 12.5. The van der Waals surface area contributed by atoms with Crippen LogP contribution in [0.2, 0.25) is 0 Å². The van der Waals surface area contributed by atoms with Crippen LogP contribution in [0.3, 0.4) is 0 Å². The number of hydrogen-bond donors (Lipinski definition) is 0. The van der Waals surface area contributed by atoms with Gasteiger partial charge in [-0.1, -0.05) is 24.3 Å². The van der Waals surface area contributed by atoms with Crippen molar-refractivity contribution in [3.8, 4) is 0 Å². The fourth-order valence-electron chi connectivity index (χ4n) is 1.62. The summed E-state index contributed by atoms with van der Waals surface area (Å²) in [4.78, 5) is 26.9. The molecule has 102 valence electrons. The zero-order chi connectivity index (χ0) is 14.5. The SMILES string of the molecule is CC(=O)C(C)OC(=O)C=Cc1ccc2ccccc2n1. The summed E-state index contributed by atoms with van der Waals surface area (Å²) in [6.45, 7) is 2.93. The number of para-hydroxylation sites is 1. The number of ketones is 1. The van der Waals surface area contributed by atoms with E-state index in [1.807, 2.05) is 36.4 Å². The van der Waals surface area contributed by atoms with E-state index in [0.29, 0.717) is 5.69 Å². The molecule has 1 aromatic heterocycles. The van der Waals surface area contributed by atoms with Gasteiger partial charge in [0.05, 0.1) is 11.2 Å². The molecule has 0 saturated heterocycles. The van der Waals surface area contributed by atoms with E-state index in [2.05, 4.69) is 4.98 Å². The number of aromatic nitrogens is 1. The van der Waals surface area contributed by atoms with E-state index in [-0.39, 0.29) is 5.78 Å². The number of nitrogens with zero attached hydrogens (tertiary/aromatic N) is 1. The first-order chi connectivity index (χ1) is 9.56. The van der Waals surface area contributed by atoms with Gasteiger partial charge in [-0.25, -0.2) is 9.78 Å². The molecule has 0 N–H and O–H groups in total. The number of benzene rings is 1. The lowest BCUT2D eigenvalue weighted by Gasteiger charge is -2.06. The highest BCUT2D eigenvalue weighted by molar-refractivity contribution is 5.90. The van der Waals surface area contributed by atoms with Gasteiger partial charge in [-0.15, -0.1) is 0 Å². The Balaban J connectivity index is 2.09. The Hall–Kier alpha value is -2.49. The summed E-state index contributed by atoms with van der Waals surface area (Å²) in [5.74, 6) is -0.738. The maximum absolute atomic E-state index is 11.5. The van der Waals surface area contributed by atoms with Crippen LogP contribution in [0.25, 0.3) is 17.0 Å². The van der Waals surface area contributed by atoms with E-state index in [1.165, 1.54) is 13.0 Å². The summed E-state index contributed by atoms with van der Waals surface area (Å²) in [6.07, 6.45) is 2.12. The summed E-state index contributed by atoms with van der Waals surface area (Å²) in [6, 6.07) is 11.5. The average molecular weight is 269 g/mol. The number of esters is 1. The van der Waals surface area contributed by atoms with Crippen LogP contribution in [0.5, 0.6) is 0 Å². The molecule has 0 aliphatic carbocycles. The predicted octanol–water partition coefficient (Wildman–Crippen LogP) is 2.77. The highest BCUT2D eigenvalue weighted by Gasteiger charge is 2.10. The van der Waals surface area contributed by atoms with Gasteiger partial charge in [0.15, 0.2) is 11.9 Å². The van der Waals surface area contributed by atoms with Crippen molar-refractivity contribution < 1.29 is 14.3 Å². The van der Waals surface area contributed by atoms with E-state index in [9.17, 15) is 9.59 Å². The molecule has 1 aromatic carbocycles. The number of pyridine rings is 1. The van der Waals surface area contributed by atoms with Crippen LogP contribution in [0, 0.1) is 0 Å². The van der Waals surface area contributed by atoms with Crippen molar-refractivity contribution in [2.45, 2.75) is 20.0 Å². The predicted molar refractivity (Wildman–Crippen MR) is 77.0 cm³/mol. The molecule has 2 rings (SSSR count). The highest BCUT2D eigenvalue weighted by atomic mass is 16.5. The van der Waals surface area contributed by atoms with Crippen molar-refractivity contribution in [2.24, 2.45) is 0 Å². The first-order valence-corrected chi connectivity index (χ1v) is 6.31. The Kier molecular flexibility index (Phi) is 4.25. The molecule has 0 fully saturated rings. The van der Waals surface area contributed by atoms with E-state index >= 15 is 0 Å². The zero-order valence-electron chi connectivity index (χ0n) is 11.4. The number of Topliss-reactive ketones (excluding diaryl/α,β-unsaturated/α-hetero) is 1. The van der Waals surface area contributed by atoms with Crippen molar-refractivity contribution in [3.05, 3.63) is 48.2 Å². The fourth-order valence-corrected chi connectivity index (χ4v) is 1.62. The van der Waals surface area contributed by atoms with E-state index in [0.717, 1.165) is 10.9 Å². The first-order valence-electron chi connectivity index (χ1n) is 6.31. The van der Waals surface area contributed by atoms with Crippen molar-refractivity contribution in [3.63, 3.8) is 0 Å². The van der Waals surface area contributed by atoms with Gasteiger partial charge in [0.1, 0.15) is 0 Å². The number of ether oxygens (including phenoxy) is 1. The summed E-state index contributed by atoms with van der Waals surface area (Å²) in [5, 5.41) is 1.04. The van der Waals surface area contributed by atoms with Gasteiger partial charge in [0.2, 0.25) is 0 Å². The lowest BCUT2D eigenvalue weighted by atomic mass is 10.2. The second kappa shape index (κ2) is 6.10. The third-order valence-corrected chi connectivity index (χ3v) is 2.88. The summed E-state index contributed by atoms with van der Waals surface area (Å²) in [7, 11) is 0. The molecule has 0 bridgehead atoms. The minimum Gasteiger partial charge on any atom is -0.452 e. The van der Waals surface area contributed by atoms with E-state index in [1.54, 1.807) is 13.0 Å². The third kappa shape index (κ3) is 3.51. The smallest absolute Gasteiger partial charge is 0.331 e. The maximum atomic E-state index is 11.5. The van der Waals surface area contributed by atoms with E-state index < -0.39 is 12.1 Å². The van der Waals surface area contributed by atoms with Crippen LogP contribution >= 0.6 is 0 Å². The fraction of sp³-hybridized carbons (Fsp3) is 0.188. The van der Waals surface area contributed by atoms with Crippen LogP contribution < -0.4 is 0 Å². The number of hydrogen-bond acceptors (Lipinski definition) is 4. The quantitative estimate of drug-likeness (QED) is 0.632. The average Bonchev–Trinajstić information content (AvgIpc) is 2.44. The summed E-state index contributed by atoms with van der Waals surface area (Å²) >= 11 is 0. The van der Waals surface area contributed by atoms with Gasteiger partial charge in [-0.2, -0.15) is 0 Å². The monoisotopic (exact) mass is 269 g/mol. The lowest BCUT2D eigenvalue weighted by molar-refractivity contribution is -0.148. The molecule has 2 aromatic rings. The minimum absolute atomic E-state index is 0.185. The van der Waals surface area contributed by atoms with Gasteiger partial charge in [-0.3, -0.25) is 4.79 Å². The molecule has 4 heteroatoms. The third-order valence-electron chi connectivity index (χ3n) is 2.88. The molecule has 20 heavy (non-hydrogen) atoms. The van der Waals surface area contributed by atoms with Gasteiger partial charge in [0.25, 0.3) is 0 Å². The molecule has 0 spiro atoms. The van der Waals surface area contributed by atoms with Gasteiger partial charge in [-0.05, 0) is 32.1 Å². The second-order valence-corrected chi connectivity index (χ2v) is 4.45. The number of fused-ring (bicyclic) bond motifs is 1. The van der Waals surface area contributed by atoms with Crippen molar-refractivity contribution in [1.29, 1.82) is 0 Å².